The maximum atomic E-state index is 14.8. The zero-order chi connectivity index (χ0) is 21.0. The molecule has 0 N–H and O–H groups in total. The van der Waals surface area contributed by atoms with Crippen LogP contribution in [0, 0.1) is 5.82 Å². The molecule has 0 aliphatic carbocycles. The van der Waals surface area contributed by atoms with Gasteiger partial charge >= 0.3 is 0 Å². The molecule has 156 valence electrons. The normalized spacial score (nSPS) is 14.6. The summed E-state index contributed by atoms with van der Waals surface area (Å²) < 4.78 is 16.7. The SMILES string of the molecule is Fc1ccccc1-c1c(CN2CCSCC2)cnn1-c1ccc(-c2ccccc2)cc1. The standard InChI is InChI=1S/C26H24FN3S/c27-25-9-5-4-8-24(25)26-22(19-29-14-16-31-17-15-29)18-28-30(26)23-12-10-21(11-13-23)20-6-2-1-3-7-20/h1-13,18H,14-17,19H2. The second kappa shape index (κ2) is 9.08. The highest BCUT2D eigenvalue weighted by Gasteiger charge is 2.20. The molecule has 0 amide bonds. The molecule has 31 heavy (non-hydrogen) atoms. The second-order valence-corrected chi connectivity index (χ2v) is 8.94. The second-order valence-electron chi connectivity index (χ2n) is 7.71. The van der Waals surface area contributed by atoms with Crippen molar-refractivity contribution in [2.24, 2.45) is 0 Å². The minimum absolute atomic E-state index is 0.222. The highest BCUT2D eigenvalue weighted by Crippen LogP contribution is 2.31. The van der Waals surface area contributed by atoms with E-state index in [-0.39, 0.29) is 5.82 Å². The minimum Gasteiger partial charge on any atom is -0.297 e. The topological polar surface area (TPSA) is 21.1 Å². The van der Waals surface area contributed by atoms with Crippen LogP contribution < -0.4 is 0 Å². The first-order valence-electron chi connectivity index (χ1n) is 10.6. The lowest BCUT2D eigenvalue weighted by molar-refractivity contribution is 0.295. The van der Waals surface area contributed by atoms with Crippen molar-refractivity contribution in [1.29, 1.82) is 0 Å². The summed E-state index contributed by atoms with van der Waals surface area (Å²) in [6.07, 6.45) is 1.90. The first-order valence-corrected chi connectivity index (χ1v) is 11.7. The van der Waals surface area contributed by atoms with Crippen LogP contribution in [0.2, 0.25) is 0 Å². The Labute approximate surface area is 186 Å². The largest absolute Gasteiger partial charge is 0.297 e. The van der Waals surface area contributed by atoms with E-state index in [2.05, 4.69) is 46.4 Å². The lowest BCUT2D eigenvalue weighted by Gasteiger charge is -2.26. The summed E-state index contributed by atoms with van der Waals surface area (Å²) in [5, 5.41) is 4.69. The van der Waals surface area contributed by atoms with Crippen LogP contribution in [-0.2, 0) is 6.54 Å². The molecule has 3 aromatic carbocycles. The summed E-state index contributed by atoms with van der Waals surface area (Å²) in [4.78, 5) is 2.43. The van der Waals surface area contributed by atoms with Crippen LogP contribution in [0.15, 0.2) is 85.1 Å². The lowest BCUT2D eigenvalue weighted by Crippen LogP contribution is -2.32. The van der Waals surface area contributed by atoms with Crippen molar-refractivity contribution in [3.63, 3.8) is 0 Å². The summed E-state index contributed by atoms with van der Waals surface area (Å²) in [6.45, 7) is 2.89. The molecule has 2 heterocycles. The van der Waals surface area contributed by atoms with Gasteiger partial charge in [-0.2, -0.15) is 16.9 Å². The lowest BCUT2D eigenvalue weighted by atomic mass is 10.0. The molecule has 0 atom stereocenters. The Balaban J connectivity index is 1.54. The van der Waals surface area contributed by atoms with Crippen molar-refractivity contribution in [2.45, 2.75) is 6.54 Å². The molecule has 1 aliphatic rings. The molecule has 5 heteroatoms. The Morgan fingerprint density at radius 3 is 2.23 bits per heavy atom. The van der Waals surface area contributed by atoms with Crippen LogP contribution in [0.4, 0.5) is 4.39 Å². The average Bonchev–Trinajstić information content (AvgIpc) is 3.24. The van der Waals surface area contributed by atoms with Gasteiger partial charge in [-0.05, 0) is 35.4 Å². The van der Waals surface area contributed by atoms with E-state index in [1.165, 1.54) is 11.6 Å². The maximum Gasteiger partial charge on any atom is 0.132 e. The van der Waals surface area contributed by atoms with Crippen LogP contribution in [-0.4, -0.2) is 39.3 Å². The van der Waals surface area contributed by atoms with E-state index in [1.54, 1.807) is 6.07 Å². The number of benzene rings is 3. The summed E-state index contributed by atoms with van der Waals surface area (Å²) >= 11 is 1.99. The molecule has 1 aliphatic heterocycles. The van der Waals surface area contributed by atoms with Crippen molar-refractivity contribution in [3.8, 4) is 28.1 Å². The third-order valence-electron chi connectivity index (χ3n) is 5.69. The quantitative estimate of drug-likeness (QED) is 0.394. The van der Waals surface area contributed by atoms with E-state index in [0.29, 0.717) is 5.56 Å². The maximum absolute atomic E-state index is 14.8. The molecule has 5 rings (SSSR count). The molecule has 0 bridgehead atoms. The summed E-state index contributed by atoms with van der Waals surface area (Å²) in [7, 11) is 0. The van der Waals surface area contributed by atoms with Gasteiger partial charge in [0.2, 0.25) is 0 Å². The van der Waals surface area contributed by atoms with Gasteiger partial charge in [0.1, 0.15) is 5.82 Å². The molecule has 0 radical (unpaired) electrons. The monoisotopic (exact) mass is 429 g/mol. The fourth-order valence-electron chi connectivity index (χ4n) is 4.06. The first kappa shape index (κ1) is 20.0. The predicted molar refractivity (Wildman–Crippen MR) is 127 cm³/mol. The van der Waals surface area contributed by atoms with Crippen molar-refractivity contribution in [2.75, 3.05) is 24.6 Å². The van der Waals surface area contributed by atoms with Gasteiger partial charge in [-0.25, -0.2) is 9.07 Å². The Bertz CT molecular complexity index is 1150. The number of halogens is 1. The molecule has 0 spiro atoms. The summed E-state index contributed by atoms with van der Waals surface area (Å²) in [5.41, 5.74) is 5.74. The molecule has 4 aromatic rings. The first-order chi connectivity index (χ1) is 15.3. The van der Waals surface area contributed by atoms with E-state index in [1.807, 2.05) is 53.0 Å². The fraction of sp³-hybridized carbons (Fsp3) is 0.192. The average molecular weight is 430 g/mol. The van der Waals surface area contributed by atoms with E-state index < -0.39 is 0 Å². The zero-order valence-corrected chi connectivity index (χ0v) is 18.1. The minimum atomic E-state index is -0.222. The van der Waals surface area contributed by atoms with E-state index in [0.717, 1.165) is 53.6 Å². The highest BCUT2D eigenvalue weighted by atomic mass is 32.2. The Morgan fingerprint density at radius 1 is 0.806 bits per heavy atom. The number of thioether (sulfide) groups is 1. The molecule has 1 aromatic heterocycles. The predicted octanol–water partition coefficient (Wildman–Crippen LogP) is 5.89. The van der Waals surface area contributed by atoms with Gasteiger partial charge < -0.3 is 0 Å². The number of nitrogens with zero attached hydrogens (tertiary/aromatic N) is 3. The Morgan fingerprint density at radius 2 is 1.48 bits per heavy atom. The van der Waals surface area contributed by atoms with Crippen molar-refractivity contribution < 1.29 is 4.39 Å². The summed E-state index contributed by atoms with van der Waals surface area (Å²) in [6, 6.07) is 25.6. The van der Waals surface area contributed by atoms with Crippen LogP contribution in [0.25, 0.3) is 28.1 Å². The Hall–Kier alpha value is -2.89. The van der Waals surface area contributed by atoms with Crippen LogP contribution >= 0.6 is 11.8 Å². The van der Waals surface area contributed by atoms with Gasteiger partial charge in [0.05, 0.1) is 17.6 Å². The molecule has 1 saturated heterocycles. The number of rotatable bonds is 5. The van der Waals surface area contributed by atoms with Crippen LogP contribution in [0.1, 0.15) is 5.56 Å². The molecular weight excluding hydrogens is 405 g/mol. The molecular formula is C26H24FN3S. The molecule has 0 saturated carbocycles. The number of aromatic nitrogens is 2. The van der Waals surface area contributed by atoms with Crippen molar-refractivity contribution in [3.05, 3.63) is 96.4 Å². The van der Waals surface area contributed by atoms with Gasteiger partial charge in [-0.3, -0.25) is 4.90 Å². The molecule has 3 nitrogen and oxygen atoms in total. The number of hydrogen-bond donors (Lipinski definition) is 0. The van der Waals surface area contributed by atoms with Crippen molar-refractivity contribution in [1.82, 2.24) is 14.7 Å². The van der Waals surface area contributed by atoms with Gasteiger partial charge in [-0.1, -0.05) is 54.6 Å². The third kappa shape index (κ3) is 4.29. The van der Waals surface area contributed by atoms with Gasteiger partial charge in [0.25, 0.3) is 0 Å². The Kier molecular flexibility index (Phi) is 5.87. The molecule has 1 fully saturated rings. The summed E-state index contributed by atoms with van der Waals surface area (Å²) in [5.74, 6) is 2.06. The van der Waals surface area contributed by atoms with Gasteiger partial charge in [0, 0.05) is 42.3 Å². The smallest absolute Gasteiger partial charge is 0.132 e. The van der Waals surface area contributed by atoms with Crippen LogP contribution in [0.5, 0.6) is 0 Å². The van der Waals surface area contributed by atoms with Gasteiger partial charge in [0.15, 0.2) is 0 Å². The fourth-order valence-corrected chi connectivity index (χ4v) is 5.04. The highest BCUT2D eigenvalue weighted by molar-refractivity contribution is 7.99. The van der Waals surface area contributed by atoms with E-state index in [4.69, 9.17) is 0 Å². The van der Waals surface area contributed by atoms with Crippen molar-refractivity contribution >= 4 is 11.8 Å². The van der Waals surface area contributed by atoms with E-state index in [9.17, 15) is 4.39 Å². The zero-order valence-electron chi connectivity index (χ0n) is 17.2. The molecule has 0 unspecified atom stereocenters. The van der Waals surface area contributed by atoms with Crippen LogP contribution in [0.3, 0.4) is 0 Å². The van der Waals surface area contributed by atoms with Gasteiger partial charge in [-0.15, -0.1) is 0 Å². The van der Waals surface area contributed by atoms with E-state index >= 15 is 0 Å². The number of hydrogen-bond acceptors (Lipinski definition) is 3. The third-order valence-corrected chi connectivity index (χ3v) is 6.63.